The standard InChI is InChI=1S/C28H29N3O3S2/c1-15(2)13-18-10-12-20-23(29)24(36-26(20)30-18)25(32)31-27-22(28(33)34-3)19-11-9-17(14-21(19)35-27)16-7-5-4-6-8-16/h4-8,10,12,15,17H,9,11,13-14,29H2,1-3H3,(H,31,32). The molecule has 0 radical (unpaired) electrons. The molecule has 0 bridgehead atoms. The molecule has 0 saturated heterocycles. The number of carbonyl (C=O) groups excluding carboxylic acids is 2. The molecule has 0 spiro atoms. The molecular weight excluding hydrogens is 490 g/mol. The highest BCUT2D eigenvalue weighted by atomic mass is 32.1. The number of rotatable bonds is 6. The van der Waals surface area contributed by atoms with Crippen LogP contribution in [-0.4, -0.2) is 24.0 Å². The van der Waals surface area contributed by atoms with E-state index < -0.39 is 5.97 Å². The second kappa shape index (κ2) is 10.0. The molecule has 186 valence electrons. The van der Waals surface area contributed by atoms with Crippen LogP contribution in [0.25, 0.3) is 10.2 Å². The number of fused-ring (bicyclic) bond motifs is 2. The molecule has 36 heavy (non-hydrogen) atoms. The lowest BCUT2D eigenvalue weighted by Crippen LogP contribution is -2.16. The Balaban J connectivity index is 1.45. The molecule has 1 aromatic carbocycles. The first-order valence-electron chi connectivity index (χ1n) is 12.1. The number of anilines is 2. The van der Waals surface area contributed by atoms with Crippen LogP contribution in [0, 0.1) is 5.92 Å². The first-order valence-corrected chi connectivity index (χ1v) is 13.8. The third-order valence-electron chi connectivity index (χ3n) is 6.63. The summed E-state index contributed by atoms with van der Waals surface area (Å²) in [5.41, 5.74) is 10.5. The van der Waals surface area contributed by atoms with Gasteiger partial charge in [-0.3, -0.25) is 4.79 Å². The fraction of sp³-hybridized carbons (Fsp3) is 0.321. The molecule has 1 unspecified atom stereocenters. The van der Waals surface area contributed by atoms with Gasteiger partial charge in [0.2, 0.25) is 0 Å². The highest BCUT2D eigenvalue weighted by Gasteiger charge is 2.31. The van der Waals surface area contributed by atoms with E-state index >= 15 is 0 Å². The molecule has 0 fully saturated rings. The van der Waals surface area contributed by atoms with Crippen LogP contribution in [0.15, 0.2) is 42.5 Å². The molecule has 8 heteroatoms. The van der Waals surface area contributed by atoms with Crippen LogP contribution < -0.4 is 11.1 Å². The van der Waals surface area contributed by atoms with Gasteiger partial charge >= 0.3 is 5.97 Å². The molecule has 1 aliphatic carbocycles. The van der Waals surface area contributed by atoms with E-state index in [0.717, 1.165) is 52.0 Å². The zero-order valence-corrected chi connectivity index (χ0v) is 22.2. The number of pyridine rings is 1. The van der Waals surface area contributed by atoms with E-state index in [2.05, 4.69) is 43.4 Å². The molecule has 1 atom stereocenters. The molecule has 3 heterocycles. The van der Waals surface area contributed by atoms with Gasteiger partial charge in [-0.15, -0.1) is 22.7 Å². The number of aromatic nitrogens is 1. The van der Waals surface area contributed by atoms with E-state index in [1.165, 1.54) is 35.3 Å². The number of nitrogens with zero attached hydrogens (tertiary/aromatic N) is 1. The monoisotopic (exact) mass is 519 g/mol. The van der Waals surface area contributed by atoms with Crippen LogP contribution in [0.5, 0.6) is 0 Å². The summed E-state index contributed by atoms with van der Waals surface area (Å²) in [7, 11) is 1.37. The lowest BCUT2D eigenvalue weighted by molar-refractivity contribution is 0.0601. The van der Waals surface area contributed by atoms with Crippen molar-refractivity contribution in [2.75, 3.05) is 18.2 Å². The van der Waals surface area contributed by atoms with E-state index in [1.54, 1.807) is 0 Å². The molecule has 4 aromatic rings. The van der Waals surface area contributed by atoms with Crippen LogP contribution in [0.3, 0.4) is 0 Å². The summed E-state index contributed by atoms with van der Waals surface area (Å²) in [6, 6.07) is 14.3. The highest BCUT2D eigenvalue weighted by molar-refractivity contribution is 7.21. The Bertz CT molecular complexity index is 1440. The van der Waals surface area contributed by atoms with Gasteiger partial charge in [0, 0.05) is 16.0 Å². The minimum Gasteiger partial charge on any atom is -0.465 e. The number of thiophene rings is 2. The Kier molecular flexibility index (Phi) is 6.81. The van der Waals surface area contributed by atoms with Crippen LogP contribution in [0.2, 0.25) is 0 Å². The predicted octanol–water partition coefficient (Wildman–Crippen LogP) is 6.45. The van der Waals surface area contributed by atoms with Gasteiger partial charge in [0.1, 0.15) is 14.7 Å². The summed E-state index contributed by atoms with van der Waals surface area (Å²) >= 11 is 2.75. The van der Waals surface area contributed by atoms with Gasteiger partial charge < -0.3 is 15.8 Å². The lowest BCUT2D eigenvalue weighted by atomic mass is 9.83. The minimum absolute atomic E-state index is 0.329. The van der Waals surface area contributed by atoms with Crippen LogP contribution in [-0.2, 0) is 24.0 Å². The topological polar surface area (TPSA) is 94.3 Å². The molecular formula is C28H29N3O3S2. The zero-order valence-electron chi connectivity index (χ0n) is 20.6. The quantitative estimate of drug-likeness (QED) is 0.286. The fourth-order valence-electron chi connectivity index (χ4n) is 4.90. The molecule has 1 aliphatic rings. The summed E-state index contributed by atoms with van der Waals surface area (Å²) in [5, 5.41) is 4.29. The molecule has 0 saturated carbocycles. The van der Waals surface area contributed by atoms with Gasteiger partial charge in [-0.1, -0.05) is 44.2 Å². The van der Waals surface area contributed by atoms with Gasteiger partial charge in [0.05, 0.1) is 18.4 Å². The van der Waals surface area contributed by atoms with E-state index in [1.807, 2.05) is 18.2 Å². The van der Waals surface area contributed by atoms with E-state index in [-0.39, 0.29) is 5.91 Å². The van der Waals surface area contributed by atoms with Crippen molar-refractivity contribution in [1.82, 2.24) is 4.98 Å². The van der Waals surface area contributed by atoms with Gasteiger partial charge in [-0.25, -0.2) is 9.78 Å². The lowest BCUT2D eigenvalue weighted by Gasteiger charge is -2.22. The molecule has 3 aromatic heterocycles. The number of carbonyl (C=O) groups is 2. The second-order valence-electron chi connectivity index (χ2n) is 9.60. The molecule has 0 aliphatic heterocycles. The number of esters is 1. The van der Waals surface area contributed by atoms with E-state index in [0.29, 0.717) is 33.0 Å². The van der Waals surface area contributed by atoms with Crippen molar-refractivity contribution in [2.24, 2.45) is 5.92 Å². The second-order valence-corrected chi connectivity index (χ2v) is 11.7. The van der Waals surface area contributed by atoms with Crippen molar-refractivity contribution in [3.05, 3.63) is 74.6 Å². The number of ether oxygens (including phenoxy) is 1. The van der Waals surface area contributed by atoms with Crippen molar-refractivity contribution in [1.29, 1.82) is 0 Å². The van der Waals surface area contributed by atoms with E-state index in [4.69, 9.17) is 15.5 Å². The summed E-state index contributed by atoms with van der Waals surface area (Å²) in [6.07, 6.45) is 3.40. The Hall–Kier alpha value is -3.23. The molecule has 6 nitrogen and oxygen atoms in total. The average molecular weight is 520 g/mol. The summed E-state index contributed by atoms with van der Waals surface area (Å²) in [6.45, 7) is 4.30. The number of amides is 1. The number of nitrogens with two attached hydrogens (primary N) is 1. The smallest absolute Gasteiger partial charge is 0.341 e. The Morgan fingerprint density at radius 1 is 1.17 bits per heavy atom. The number of benzene rings is 1. The largest absolute Gasteiger partial charge is 0.465 e. The Labute approximate surface area is 218 Å². The van der Waals surface area contributed by atoms with Gasteiger partial charge in [0.15, 0.2) is 0 Å². The average Bonchev–Trinajstić information content (AvgIpc) is 3.40. The highest BCUT2D eigenvalue weighted by Crippen LogP contribution is 2.43. The number of nitrogen functional groups attached to an aromatic ring is 1. The van der Waals surface area contributed by atoms with Crippen LogP contribution >= 0.6 is 22.7 Å². The third-order valence-corrected chi connectivity index (χ3v) is 8.91. The summed E-state index contributed by atoms with van der Waals surface area (Å²) < 4.78 is 5.10. The molecule has 1 amide bonds. The van der Waals surface area contributed by atoms with Gasteiger partial charge in [-0.2, -0.15) is 0 Å². The SMILES string of the molecule is COC(=O)c1c(NC(=O)c2sc3nc(CC(C)C)ccc3c2N)sc2c1CCC(c1ccccc1)C2. The number of methoxy groups -OCH3 is 1. The third kappa shape index (κ3) is 4.63. The Morgan fingerprint density at radius 3 is 2.67 bits per heavy atom. The number of hydrogen-bond donors (Lipinski definition) is 2. The van der Waals surface area contributed by atoms with Crippen LogP contribution in [0.1, 0.15) is 67.9 Å². The first kappa shape index (κ1) is 24.5. The summed E-state index contributed by atoms with van der Waals surface area (Å²) in [4.78, 5) is 33.1. The molecule has 3 N–H and O–H groups in total. The number of nitrogens with one attached hydrogen (secondary N) is 1. The predicted molar refractivity (Wildman–Crippen MR) is 147 cm³/mol. The fourth-order valence-corrected chi connectivity index (χ4v) is 7.22. The van der Waals surface area contributed by atoms with Crippen molar-refractivity contribution >= 4 is 55.5 Å². The van der Waals surface area contributed by atoms with Crippen molar-refractivity contribution in [3.63, 3.8) is 0 Å². The van der Waals surface area contributed by atoms with Crippen LogP contribution in [0.4, 0.5) is 10.7 Å². The van der Waals surface area contributed by atoms with Crippen molar-refractivity contribution in [2.45, 2.75) is 45.4 Å². The Morgan fingerprint density at radius 2 is 1.94 bits per heavy atom. The van der Waals surface area contributed by atoms with Crippen molar-refractivity contribution < 1.29 is 14.3 Å². The van der Waals surface area contributed by atoms with E-state index in [9.17, 15) is 9.59 Å². The minimum atomic E-state index is -0.426. The maximum absolute atomic E-state index is 13.4. The number of hydrogen-bond acceptors (Lipinski definition) is 7. The first-order chi connectivity index (χ1) is 17.4. The molecule has 5 rings (SSSR count). The van der Waals surface area contributed by atoms with Gasteiger partial charge in [0.25, 0.3) is 5.91 Å². The zero-order chi connectivity index (χ0) is 25.4. The van der Waals surface area contributed by atoms with Crippen molar-refractivity contribution in [3.8, 4) is 0 Å². The maximum atomic E-state index is 13.4. The normalized spacial score (nSPS) is 15.2. The maximum Gasteiger partial charge on any atom is 0.341 e. The van der Waals surface area contributed by atoms with Gasteiger partial charge in [-0.05, 0) is 60.8 Å². The summed E-state index contributed by atoms with van der Waals surface area (Å²) in [5.74, 6) is 0.114.